The van der Waals surface area contributed by atoms with Crippen molar-refractivity contribution in [3.8, 4) is 5.75 Å². The van der Waals surface area contributed by atoms with Gasteiger partial charge in [0.25, 0.3) is 0 Å². The van der Waals surface area contributed by atoms with Gasteiger partial charge in [0.2, 0.25) is 5.91 Å². The standard InChI is InChI=1S/C37H44ClN5O3/c1-41(2)23-27-19-28-20-30(38)10-13-35(28)43(24-27)36(44)34(21-29-22-39-33-7-5-4-6-32(29)33)40-37(45)42-16-14-26(15-17-42)18-25-8-11-31(46-3)12-9-25/h4-13,20,22,26-27,34,39H,14-19,21,23-24H2,1-3H3,(H,40,45)/t27-,34-/m1/s1. The van der Waals surface area contributed by atoms with E-state index in [1.54, 1.807) is 7.11 Å². The fraction of sp³-hybridized carbons (Fsp3) is 0.405. The van der Waals surface area contributed by atoms with Gasteiger partial charge in [-0.15, -0.1) is 0 Å². The number of nitrogens with zero attached hydrogens (tertiary/aromatic N) is 3. The zero-order valence-electron chi connectivity index (χ0n) is 27.0. The number of H-pyrrole nitrogens is 1. The Hall–Kier alpha value is -4.01. The Labute approximate surface area is 276 Å². The fourth-order valence-electron chi connectivity index (χ4n) is 7.14. The van der Waals surface area contributed by atoms with Crippen molar-refractivity contribution in [3.05, 3.63) is 94.6 Å². The summed E-state index contributed by atoms with van der Waals surface area (Å²) in [4.78, 5) is 37.7. The summed E-state index contributed by atoms with van der Waals surface area (Å²) in [5.41, 5.74) is 5.24. The number of anilines is 1. The number of hydrogen-bond acceptors (Lipinski definition) is 4. The van der Waals surface area contributed by atoms with Gasteiger partial charge in [0.15, 0.2) is 0 Å². The molecule has 9 heteroatoms. The Kier molecular flexibility index (Phi) is 9.85. The smallest absolute Gasteiger partial charge is 0.318 e. The zero-order chi connectivity index (χ0) is 32.2. The van der Waals surface area contributed by atoms with Crippen LogP contribution in [-0.2, 0) is 24.1 Å². The van der Waals surface area contributed by atoms with Gasteiger partial charge < -0.3 is 29.7 Å². The van der Waals surface area contributed by atoms with E-state index < -0.39 is 6.04 Å². The molecule has 0 aliphatic carbocycles. The normalized spacial score (nSPS) is 17.6. The molecule has 1 fully saturated rings. The number of hydrogen-bond donors (Lipinski definition) is 2. The minimum absolute atomic E-state index is 0.0972. The first-order chi connectivity index (χ1) is 22.3. The average Bonchev–Trinajstić information content (AvgIpc) is 3.46. The molecule has 46 heavy (non-hydrogen) atoms. The lowest BCUT2D eigenvalue weighted by Crippen LogP contribution is -2.56. The Bertz CT molecular complexity index is 1660. The molecule has 242 valence electrons. The summed E-state index contributed by atoms with van der Waals surface area (Å²) < 4.78 is 5.30. The van der Waals surface area contributed by atoms with E-state index in [4.69, 9.17) is 16.3 Å². The number of halogens is 1. The number of benzene rings is 3. The van der Waals surface area contributed by atoms with Gasteiger partial charge >= 0.3 is 6.03 Å². The maximum absolute atomic E-state index is 14.6. The minimum Gasteiger partial charge on any atom is -0.497 e. The molecule has 0 saturated carbocycles. The van der Waals surface area contributed by atoms with Crippen LogP contribution in [0.3, 0.4) is 0 Å². The quantitative estimate of drug-likeness (QED) is 0.229. The number of ether oxygens (including phenoxy) is 1. The van der Waals surface area contributed by atoms with Crippen molar-refractivity contribution in [3.63, 3.8) is 0 Å². The molecule has 3 heterocycles. The zero-order valence-corrected chi connectivity index (χ0v) is 27.7. The van der Waals surface area contributed by atoms with Gasteiger partial charge in [0, 0.05) is 60.4 Å². The molecule has 1 aromatic heterocycles. The van der Waals surface area contributed by atoms with Crippen LogP contribution in [0.5, 0.6) is 5.75 Å². The van der Waals surface area contributed by atoms with Crippen molar-refractivity contribution in [1.29, 1.82) is 0 Å². The number of nitrogens with one attached hydrogen (secondary N) is 2. The van der Waals surface area contributed by atoms with Gasteiger partial charge in [-0.3, -0.25) is 4.79 Å². The number of urea groups is 1. The van der Waals surface area contributed by atoms with Crippen LogP contribution >= 0.6 is 11.6 Å². The Morgan fingerprint density at radius 2 is 1.80 bits per heavy atom. The van der Waals surface area contributed by atoms with Gasteiger partial charge in [-0.25, -0.2) is 4.79 Å². The molecule has 0 bridgehead atoms. The van der Waals surface area contributed by atoms with E-state index >= 15 is 0 Å². The SMILES string of the molecule is COc1ccc(CC2CCN(C(=O)N[C@H](Cc3c[nH]c4ccccc34)C(=O)N3C[C@@H](CN(C)C)Cc4cc(Cl)ccc43)CC2)cc1. The molecule has 6 rings (SSSR count). The van der Waals surface area contributed by atoms with Crippen LogP contribution in [-0.4, -0.2) is 80.1 Å². The summed E-state index contributed by atoms with van der Waals surface area (Å²) in [6, 6.07) is 21.2. The molecule has 0 radical (unpaired) electrons. The number of likely N-dealkylation sites (tertiary alicyclic amines) is 1. The van der Waals surface area contributed by atoms with Crippen LogP contribution in [0.1, 0.15) is 29.5 Å². The first-order valence-corrected chi connectivity index (χ1v) is 16.6. The molecule has 3 aromatic carbocycles. The number of piperidine rings is 1. The molecule has 1 saturated heterocycles. The van der Waals surface area contributed by atoms with E-state index in [9.17, 15) is 9.59 Å². The van der Waals surface area contributed by atoms with Crippen LogP contribution in [0.2, 0.25) is 5.02 Å². The molecule has 8 nitrogen and oxygen atoms in total. The molecule has 0 spiro atoms. The summed E-state index contributed by atoms with van der Waals surface area (Å²) in [5.74, 6) is 1.52. The highest BCUT2D eigenvalue weighted by atomic mass is 35.5. The number of carbonyl (C=O) groups is 2. The summed E-state index contributed by atoms with van der Waals surface area (Å²) in [6.45, 7) is 2.76. The molecule has 2 atom stereocenters. The second kappa shape index (κ2) is 14.2. The Balaban J connectivity index is 1.20. The molecule has 2 aliphatic heterocycles. The van der Waals surface area contributed by atoms with Gasteiger partial charge in [-0.1, -0.05) is 41.9 Å². The number of amides is 3. The maximum Gasteiger partial charge on any atom is 0.318 e. The van der Waals surface area contributed by atoms with E-state index in [1.165, 1.54) is 5.56 Å². The number of carbonyl (C=O) groups excluding carboxylic acids is 2. The summed E-state index contributed by atoms with van der Waals surface area (Å²) in [6.07, 6.45) is 6.03. The topological polar surface area (TPSA) is 80.9 Å². The van der Waals surface area contributed by atoms with Crippen molar-refractivity contribution >= 4 is 40.1 Å². The lowest BCUT2D eigenvalue weighted by molar-refractivity contribution is -0.120. The number of aromatic nitrogens is 1. The third-order valence-corrected chi connectivity index (χ3v) is 9.69. The number of rotatable bonds is 9. The second-order valence-electron chi connectivity index (χ2n) is 13.1. The van der Waals surface area contributed by atoms with E-state index in [0.29, 0.717) is 37.0 Å². The fourth-order valence-corrected chi connectivity index (χ4v) is 7.34. The van der Waals surface area contributed by atoms with Gasteiger partial charge in [0.05, 0.1) is 7.11 Å². The molecular formula is C37H44ClN5O3. The lowest BCUT2D eigenvalue weighted by Gasteiger charge is -2.38. The first-order valence-electron chi connectivity index (χ1n) is 16.2. The highest BCUT2D eigenvalue weighted by Gasteiger charge is 2.35. The number of para-hydroxylation sites is 1. The Morgan fingerprint density at radius 3 is 2.54 bits per heavy atom. The van der Waals surface area contributed by atoms with Crippen molar-refractivity contribution in [2.45, 2.75) is 38.1 Å². The van der Waals surface area contributed by atoms with Crippen LogP contribution in [0, 0.1) is 11.8 Å². The second-order valence-corrected chi connectivity index (χ2v) is 13.5. The highest BCUT2D eigenvalue weighted by Crippen LogP contribution is 2.33. The molecular weight excluding hydrogens is 598 g/mol. The van der Waals surface area contributed by atoms with Crippen LogP contribution in [0.25, 0.3) is 10.9 Å². The third-order valence-electron chi connectivity index (χ3n) is 9.45. The van der Waals surface area contributed by atoms with E-state index in [1.807, 2.05) is 64.5 Å². The summed E-state index contributed by atoms with van der Waals surface area (Å²) in [5, 5.41) is 4.92. The van der Waals surface area contributed by atoms with Gasteiger partial charge in [-0.05, 0) is 105 Å². The van der Waals surface area contributed by atoms with Crippen LogP contribution < -0.4 is 15.0 Å². The first kappa shape index (κ1) is 32.0. The third kappa shape index (κ3) is 7.34. The van der Waals surface area contributed by atoms with Crippen molar-refractivity contribution < 1.29 is 14.3 Å². The summed E-state index contributed by atoms with van der Waals surface area (Å²) in [7, 11) is 5.79. The number of aromatic amines is 1. The molecule has 2 aliphatic rings. The molecule has 4 aromatic rings. The largest absolute Gasteiger partial charge is 0.497 e. The van der Waals surface area contributed by atoms with Crippen molar-refractivity contribution in [1.82, 2.24) is 20.1 Å². The number of fused-ring (bicyclic) bond motifs is 2. The lowest BCUT2D eigenvalue weighted by atomic mass is 9.90. The molecule has 0 unspecified atom stereocenters. The van der Waals surface area contributed by atoms with E-state index in [2.05, 4.69) is 47.5 Å². The van der Waals surface area contributed by atoms with Gasteiger partial charge in [0.1, 0.15) is 11.8 Å². The number of methoxy groups -OCH3 is 1. The van der Waals surface area contributed by atoms with Gasteiger partial charge in [-0.2, -0.15) is 0 Å². The molecule has 3 amide bonds. The van der Waals surface area contributed by atoms with Crippen molar-refractivity contribution in [2.75, 3.05) is 52.3 Å². The Morgan fingerprint density at radius 1 is 1.04 bits per heavy atom. The monoisotopic (exact) mass is 641 g/mol. The average molecular weight is 642 g/mol. The summed E-state index contributed by atoms with van der Waals surface area (Å²) >= 11 is 6.41. The maximum atomic E-state index is 14.6. The predicted molar refractivity (Wildman–Crippen MR) is 185 cm³/mol. The minimum atomic E-state index is -0.731. The van der Waals surface area contributed by atoms with E-state index in [-0.39, 0.29) is 17.9 Å². The van der Waals surface area contributed by atoms with Crippen LogP contribution in [0.4, 0.5) is 10.5 Å². The molecule has 2 N–H and O–H groups in total. The van der Waals surface area contributed by atoms with Crippen LogP contribution in [0.15, 0.2) is 72.9 Å². The highest BCUT2D eigenvalue weighted by molar-refractivity contribution is 6.30. The van der Waals surface area contributed by atoms with E-state index in [0.717, 1.165) is 65.7 Å². The predicted octanol–water partition coefficient (Wildman–Crippen LogP) is 6.17. The van der Waals surface area contributed by atoms with Crippen molar-refractivity contribution in [2.24, 2.45) is 11.8 Å².